The van der Waals surface area contributed by atoms with Gasteiger partial charge in [-0.05, 0) is 36.9 Å². The van der Waals surface area contributed by atoms with E-state index in [-0.39, 0.29) is 0 Å². The van der Waals surface area contributed by atoms with Crippen LogP contribution in [0.3, 0.4) is 0 Å². The van der Waals surface area contributed by atoms with Gasteiger partial charge in [0.1, 0.15) is 5.16 Å². The number of rotatable bonds is 0. The summed E-state index contributed by atoms with van der Waals surface area (Å²) >= 11 is 11.2. The normalized spacial score (nSPS) is 23.8. The van der Waals surface area contributed by atoms with Crippen LogP contribution in [0.25, 0.3) is 0 Å². The van der Waals surface area contributed by atoms with Crippen LogP contribution in [-0.2, 0) is 0 Å². The van der Waals surface area contributed by atoms with E-state index < -0.39 is 5.37 Å². The quantitative estimate of drug-likeness (QED) is 0.441. The highest BCUT2D eigenvalue weighted by Gasteiger charge is 2.14. The van der Waals surface area contributed by atoms with E-state index in [4.69, 9.17) is 23.2 Å². The van der Waals surface area contributed by atoms with Gasteiger partial charge in [-0.25, -0.2) is 0 Å². The van der Waals surface area contributed by atoms with Gasteiger partial charge >= 0.3 is 5.37 Å². The highest BCUT2D eigenvalue weighted by molar-refractivity contribution is 6.63. The molecule has 1 amide bonds. The Morgan fingerprint density at radius 2 is 2.17 bits per heavy atom. The topological polar surface area (TPSA) is 20.3 Å². The summed E-state index contributed by atoms with van der Waals surface area (Å²) in [6.07, 6.45) is 6.02. The molecule has 4 heteroatoms. The predicted molar refractivity (Wildman–Crippen MR) is 50.4 cm³/mol. The van der Waals surface area contributed by atoms with Crippen molar-refractivity contribution in [3.63, 3.8) is 0 Å². The summed E-state index contributed by atoms with van der Waals surface area (Å²) in [5.74, 6) is 0. The summed E-state index contributed by atoms with van der Waals surface area (Å²) in [5, 5.41) is -0.0205. The fourth-order valence-corrected chi connectivity index (χ4v) is 1.69. The summed E-state index contributed by atoms with van der Waals surface area (Å²) in [4.78, 5) is 12.2. The van der Waals surface area contributed by atoms with Crippen LogP contribution in [0.4, 0.5) is 4.79 Å². The molecule has 1 aliphatic heterocycles. The van der Waals surface area contributed by atoms with Gasteiger partial charge in [0.05, 0.1) is 0 Å². The van der Waals surface area contributed by atoms with Crippen molar-refractivity contribution in [3.8, 4) is 0 Å². The van der Waals surface area contributed by atoms with E-state index in [9.17, 15) is 4.79 Å². The van der Waals surface area contributed by atoms with Gasteiger partial charge in [-0.2, -0.15) is 0 Å². The lowest BCUT2D eigenvalue weighted by Gasteiger charge is -2.20. The molecule has 2 nitrogen and oxygen atoms in total. The molecular weight excluding hydrogens is 197 g/mol. The number of nitrogens with zero attached hydrogens (tertiary/aromatic N) is 1. The molecule has 0 atom stereocenters. The molecule has 0 aromatic carbocycles. The maximum absolute atomic E-state index is 10.8. The minimum absolute atomic E-state index is 0.467. The monoisotopic (exact) mass is 207 g/mol. The van der Waals surface area contributed by atoms with Crippen molar-refractivity contribution in [1.29, 1.82) is 0 Å². The summed E-state index contributed by atoms with van der Waals surface area (Å²) in [6, 6.07) is 0. The van der Waals surface area contributed by atoms with E-state index in [2.05, 4.69) is 0 Å². The number of carbonyl (C=O) groups excluding carboxylic acids is 1. The first kappa shape index (κ1) is 9.87. The first-order chi connectivity index (χ1) is 5.72. The summed E-state index contributed by atoms with van der Waals surface area (Å²) in [5.41, 5.74) is 0. The number of hydrogen-bond acceptors (Lipinski definition) is 1. The van der Waals surface area contributed by atoms with E-state index in [0.717, 1.165) is 25.7 Å². The molecule has 1 aliphatic rings. The standard InChI is InChI=1S/C8H11Cl2NO/c9-7-5-3-1-2-4-6-11(7)8(10)12/h5H,1-4,6H2/b7-5-. The molecular formula is C8H11Cl2NO. The van der Waals surface area contributed by atoms with Gasteiger partial charge in [0, 0.05) is 6.54 Å². The van der Waals surface area contributed by atoms with Gasteiger partial charge in [-0.1, -0.05) is 18.0 Å². The molecule has 0 N–H and O–H groups in total. The summed E-state index contributed by atoms with van der Waals surface area (Å²) in [6.45, 7) is 0.637. The third kappa shape index (κ3) is 2.68. The summed E-state index contributed by atoms with van der Waals surface area (Å²) < 4.78 is 0. The van der Waals surface area contributed by atoms with Gasteiger partial charge in [-0.15, -0.1) is 0 Å². The molecule has 0 aliphatic carbocycles. The average molecular weight is 208 g/mol. The zero-order chi connectivity index (χ0) is 8.97. The van der Waals surface area contributed by atoms with Crippen LogP contribution >= 0.6 is 23.2 Å². The predicted octanol–water partition coefficient (Wildman–Crippen LogP) is 3.30. The van der Waals surface area contributed by atoms with Crippen molar-refractivity contribution in [1.82, 2.24) is 4.90 Å². The molecule has 0 fully saturated rings. The van der Waals surface area contributed by atoms with Gasteiger partial charge in [0.15, 0.2) is 0 Å². The fourth-order valence-electron chi connectivity index (χ4n) is 1.20. The van der Waals surface area contributed by atoms with Gasteiger partial charge in [0.25, 0.3) is 0 Å². The first-order valence-corrected chi connectivity index (χ1v) is 4.80. The molecule has 1 rings (SSSR count). The Hall–Kier alpha value is -0.210. The van der Waals surface area contributed by atoms with Crippen molar-refractivity contribution in [3.05, 3.63) is 11.2 Å². The second kappa shape index (κ2) is 4.73. The molecule has 0 radical (unpaired) electrons. The number of carbonyl (C=O) groups is 1. The second-order valence-corrected chi connectivity index (χ2v) is 3.49. The van der Waals surface area contributed by atoms with E-state index in [1.54, 1.807) is 0 Å². The van der Waals surface area contributed by atoms with Crippen molar-refractivity contribution < 1.29 is 4.79 Å². The minimum atomic E-state index is -0.488. The molecule has 0 saturated heterocycles. The average Bonchev–Trinajstić information content (AvgIpc) is 1.96. The SMILES string of the molecule is O=C(Cl)N1CCCCC/C=C\1Cl. The van der Waals surface area contributed by atoms with Crippen LogP contribution in [0.15, 0.2) is 11.2 Å². The molecule has 0 saturated carbocycles. The van der Waals surface area contributed by atoms with Crippen LogP contribution in [0.5, 0.6) is 0 Å². The number of hydrogen-bond donors (Lipinski definition) is 0. The Balaban J connectivity index is 2.66. The van der Waals surface area contributed by atoms with Crippen LogP contribution in [0, 0.1) is 0 Å². The number of halogens is 2. The highest BCUT2D eigenvalue weighted by atomic mass is 35.5. The number of amides is 1. The zero-order valence-corrected chi connectivity index (χ0v) is 8.24. The largest absolute Gasteiger partial charge is 0.321 e. The van der Waals surface area contributed by atoms with Crippen LogP contribution in [-0.4, -0.2) is 16.8 Å². The first-order valence-electron chi connectivity index (χ1n) is 4.04. The lowest BCUT2D eigenvalue weighted by molar-refractivity contribution is 0.235. The van der Waals surface area contributed by atoms with Gasteiger partial charge in [-0.3, -0.25) is 9.69 Å². The molecule has 0 bridgehead atoms. The Kier molecular flexibility index (Phi) is 3.89. The van der Waals surface area contributed by atoms with E-state index in [1.807, 2.05) is 6.08 Å². The molecule has 1 heterocycles. The summed E-state index contributed by atoms with van der Waals surface area (Å²) in [7, 11) is 0. The van der Waals surface area contributed by atoms with E-state index in [1.165, 1.54) is 4.90 Å². The van der Waals surface area contributed by atoms with Crippen LogP contribution < -0.4 is 0 Å². The second-order valence-electron chi connectivity index (χ2n) is 2.78. The molecule has 68 valence electrons. The van der Waals surface area contributed by atoms with Gasteiger partial charge < -0.3 is 0 Å². The fraction of sp³-hybridized carbons (Fsp3) is 0.625. The Morgan fingerprint density at radius 3 is 2.83 bits per heavy atom. The smallest absolute Gasteiger partial charge is 0.289 e. The van der Waals surface area contributed by atoms with Gasteiger partial charge in [0.2, 0.25) is 0 Å². The lowest BCUT2D eigenvalue weighted by Crippen LogP contribution is -2.25. The molecule has 0 aromatic heterocycles. The van der Waals surface area contributed by atoms with Crippen molar-refractivity contribution in [2.45, 2.75) is 25.7 Å². The lowest BCUT2D eigenvalue weighted by atomic mass is 10.1. The third-order valence-electron chi connectivity index (χ3n) is 1.87. The Labute approximate surface area is 82.1 Å². The Bertz CT molecular complexity index is 203. The molecule has 0 spiro atoms. The van der Waals surface area contributed by atoms with Crippen LogP contribution in [0.2, 0.25) is 0 Å². The Morgan fingerprint density at radius 1 is 1.42 bits per heavy atom. The van der Waals surface area contributed by atoms with E-state index >= 15 is 0 Å². The minimum Gasteiger partial charge on any atom is -0.289 e. The maximum atomic E-state index is 10.8. The van der Waals surface area contributed by atoms with Crippen molar-refractivity contribution >= 4 is 28.6 Å². The third-order valence-corrected chi connectivity index (χ3v) is 2.43. The highest BCUT2D eigenvalue weighted by Crippen LogP contribution is 2.18. The van der Waals surface area contributed by atoms with Crippen LogP contribution in [0.1, 0.15) is 25.7 Å². The van der Waals surface area contributed by atoms with E-state index in [0.29, 0.717) is 11.7 Å². The van der Waals surface area contributed by atoms with Crippen molar-refractivity contribution in [2.75, 3.05) is 6.54 Å². The zero-order valence-electron chi connectivity index (χ0n) is 6.72. The molecule has 12 heavy (non-hydrogen) atoms. The van der Waals surface area contributed by atoms with Crippen molar-refractivity contribution in [2.24, 2.45) is 0 Å². The molecule has 0 aromatic rings. The maximum Gasteiger partial charge on any atom is 0.321 e. The molecule has 0 unspecified atom stereocenters. The number of allylic oxidation sites excluding steroid dienone is 1.